The highest BCUT2D eigenvalue weighted by Crippen LogP contribution is 2.13. The summed E-state index contributed by atoms with van der Waals surface area (Å²) in [5.74, 6) is -0.503. The predicted octanol–water partition coefficient (Wildman–Crippen LogP) is 2.38. The monoisotopic (exact) mass is 358 g/mol. The SMILES string of the molecule is O=C(CNCC(F)(F)F)Nc1cccc(I)c1. The van der Waals surface area contributed by atoms with Crippen molar-refractivity contribution in [3.8, 4) is 0 Å². The lowest BCUT2D eigenvalue weighted by Gasteiger charge is -2.08. The van der Waals surface area contributed by atoms with Crippen molar-refractivity contribution in [2.75, 3.05) is 18.4 Å². The second kappa shape index (κ2) is 6.20. The van der Waals surface area contributed by atoms with Crippen LogP contribution in [0.4, 0.5) is 18.9 Å². The quantitative estimate of drug-likeness (QED) is 0.812. The van der Waals surface area contributed by atoms with E-state index in [4.69, 9.17) is 0 Å². The molecule has 0 fully saturated rings. The van der Waals surface area contributed by atoms with Gasteiger partial charge in [-0.15, -0.1) is 0 Å². The molecule has 1 aromatic rings. The van der Waals surface area contributed by atoms with Crippen LogP contribution in [0.2, 0.25) is 0 Å². The summed E-state index contributed by atoms with van der Waals surface area (Å²) in [5, 5.41) is 4.52. The second-order valence-corrected chi connectivity index (χ2v) is 4.52. The highest BCUT2D eigenvalue weighted by molar-refractivity contribution is 14.1. The summed E-state index contributed by atoms with van der Waals surface area (Å²) in [6.07, 6.45) is -4.30. The standard InChI is InChI=1S/C10H10F3IN2O/c11-10(12,13)6-15-5-9(17)16-8-3-1-2-7(14)4-8/h1-4,15H,5-6H2,(H,16,17). The first-order chi connectivity index (χ1) is 7.87. The van der Waals surface area contributed by atoms with E-state index in [0.29, 0.717) is 5.69 Å². The van der Waals surface area contributed by atoms with Crippen LogP contribution in [0.1, 0.15) is 0 Å². The van der Waals surface area contributed by atoms with Gasteiger partial charge in [0, 0.05) is 9.26 Å². The number of carbonyl (C=O) groups excluding carboxylic acids is 1. The maximum atomic E-state index is 11.8. The fourth-order valence-electron chi connectivity index (χ4n) is 1.09. The average molecular weight is 358 g/mol. The number of nitrogens with one attached hydrogen (secondary N) is 2. The largest absolute Gasteiger partial charge is 0.401 e. The van der Waals surface area contributed by atoms with Gasteiger partial charge >= 0.3 is 6.18 Å². The molecule has 1 amide bonds. The van der Waals surface area contributed by atoms with Gasteiger partial charge in [-0.2, -0.15) is 13.2 Å². The molecule has 2 N–H and O–H groups in total. The molecular weight excluding hydrogens is 348 g/mol. The highest BCUT2D eigenvalue weighted by atomic mass is 127. The molecule has 1 rings (SSSR count). The van der Waals surface area contributed by atoms with Gasteiger partial charge in [-0.25, -0.2) is 0 Å². The zero-order valence-electron chi connectivity index (χ0n) is 8.64. The first kappa shape index (κ1) is 14.2. The minimum atomic E-state index is -4.30. The van der Waals surface area contributed by atoms with Gasteiger partial charge in [0.25, 0.3) is 0 Å². The summed E-state index contributed by atoms with van der Waals surface area (Å²) in [7, 11) is 0. The lowest BCUT2D eigenvalue weighted by Crippen LogP contribution is -2.35. The van der Waals surface area contributed by atoms with Gasteiger partial charge in [-0.3, -0.25) is 4.79 Å². The molecule has 0 bridgehead atoms. The topological polar surface area (TPSA) is 41.1 Å². The Balaban J connectivity index is 2.35. The zero-order valence-corrected chi connectivity index (χ0v) is 10.8. The molecule has 0 aliphatic rings. The summed E-state index contributed by atoms with van der Waals surface area (Å²) in [6, 6.07) is 6.99. The summed E-state index contributed by atoms with van der Waals surface area (Å²) >= 11 is 2.08. The van der Waals surface area contributed by atoms with Crippen molar-refractivity contribution >= 4 is 34.2 Å². The minimum Gasteiger partial charge on any atom is -0.325 e. The lowest BCUT2D eigenvalue weighted by atomic mass is 10.3. The van der Waals surface area contributed by atoms with Crippen molar-refractivity contribution in [2.45, 2.75) is 6.18 Å². The van der Waals surface area contributed by atoms with E-state index in [-0.39, 0.29) is 6.54 Å². The van der Waals surface area contributed by atoms with Gasteiger partial charge in [0.1, 0.15) is 0 Å². The Labute approximate surface area is 110 Å². The van der Waals surface area contributed by atoms with E-state index >= 15 is 0 Å². The van der Waals surface area contributed by atoms with Crippen molar-refractivity contribution in [3.63, 3.8) is 0 Å². The predicted molar refractivity (Wildman–Crippen MR) is 66.7 cm³/mol. The van der Waals surface area contributed by atoms with Crippen LogP contribution in [-0.2, 0) is 4.79 Å². The van der Waals surface area contributed by atoms with Crippen molar-refractivity contribution in [1.29, 1.82) is 0 Å². The fraction of sp³-hybridized carbons (Fsp3) is 0.300. The summed E-state index contributed by atoms with van der Waals surface area (Å²) in [4.78, 5) is 11.3. The van der Waals surface area contributed by atoms with E-state index in [1.807, 2.05) is 11.4 Å². The summed E-state index contributed by atoms with van der Waals surface area (Å²) in [5.41, 5.74) is 0.565. The third-order valence-electron chi connectivity index (χ3n) is 1.72. The molecule has 0 spiro atoms. The Kier molecular flexibility index (Phi) is 5.19. The Hall–Kier alpha value is -0.830. The number of halogens is 4. The number of hydrogen-bond acceptors (Lipinski definition) is 2. The van der Waals surface area contributed by atoms with Crippen LogP contribution in [0.5, 0.6) is 0 Å². The van der Waals surface area contributed by atoms with Gasteiger partial charge in [0.05, 0.1) is 13.1 Å². The molecule has 3 nitrogen and oxygen atoms in total. The number of carbonyl (C=O) groups is 1. The Bertz CT molecular complexity index is 395. The third-order valence-corrected chi connectivity index (χ3v) is 2.39. The lowest BCUT2D eigenvalue weighted by molar-refractivity contribution is -0.126. The number of benzene rings is 1. The number of rotatable bonds is 4. The second-order valence-electron chi connectivity index (χ2n) is 3.28. The minimum absolute atomic E-state index is 0.370. The highest BCUT2D eigenvalue weighted by Gasteiger charge is 2.26. The fourth-order valence-corrected chi connectivity index (χ4v) is 1.63. The van der Waals surface area contributed by atoms with Crippen molar-refractivity contribution < 1.29 is 18.0 Å². The van der Waals surface area contributed by atoms with Crippen molar-refractivity contribution in [3.05, 3.63) is 27.8 Å². The van der Waals surface area contributed by atoms with Crippen LogP contribution in [0.15, 0.2) is 24.3 Å². The van der Waals surface area contributed by atoms with Gasteiger partial charge in [-0.1, -0.05) is 6.07 Å². The third kappa shape index (κ3) is 6.47. The van der Waals surface area contributed by atoms with Crippen LogP contribution in [0.25, 0.3) is 0 Å². The molecule has 0 aromatic heterocycles. The molecule has 17 heavy (non-hydrogen) atoms. The zero-order chi connectivity index (χ0) is 12.9. The van der Waals surface area contributed by atoms with E-state index in [0.717, 1.165) is 3.57 Å². The molecule has 0 atom stereocenters. The Morgan fingerprint density at radius 2 is 2.06 bits per heavy atom. The van der Waals surface area contributed by atoms with Crippen molar-refractivity contribution in [2.24, 2.45) is 0 Å². The number of hydrogen-bond donors (Lipinski definition) is 2. The summed E-state index contributed by atoms with van der Waals surface area (Å²) < 4.78 is 36.3. The molecular formula is C10H10F3IN2O. The van der Waals surface area contributed by atoms with E-state index in [9.17, 15) is 18.0 Å². The average Bonchev–Trinajstić information content (AvgIpc) is 2.15. The van der Waals surface area contributed by atoms with E-state index in [1.165, 1.54) is 0 Å². The van der Waals surface area contributed by atoms with Gasteiger partial charge in [0.15, 0.2) is 0 Å². The first-order valence-electron chi connectivity index (χ1n) is 4.70. The van der Waals surface area contributed by atoms with E-state index in [2.05, 4.69) is 27.9 Å². The normalized spacial score (nSPS) is 11.3. The molecule has 1 aromatic carbocycles. The molecule has 0 heterocycles. The van der Waals surface area contributed by atoms with Gasteiger partial charge < -0.3 is 10.6 Å². The van der Waals surface area contributed by atoms with Crippen LogP contribution >= 0.6 is 22.6 Å². The smallest absolute Gasteiger partial charge is 0.325 e. The Morgan fingerprint density at radius 1 is 1.35 bits per heavy atom. The van der Waals surface area contributed by atoms with E-state index < -0.39 is 18.6 Å². The van der Waals surface area contributed by atoms with Crippen LogP contribution in [0, 0.1) is 3.57 Å². The van der Waals surface area contributed by atoms with E-state index in [1.54, 1.807) is 18.2 Å². The van der Waals surface area contributed by atoms with Gasteiger partial charge in [-0.05, 0) is 40.8 Å². The first-order valence-corrected chi connectivity index (χ1v) is 5.77. The molecule has 0 saturated heterocycles. The Morgan fingerprint density at radius 3 is 2.65 bits per heavy atom. The number of amides is 1. The number of alkyl halides is 3. The molecule has 0 aliphatic carbocycles. The molecule has 94 valence electrons. The van der Waals surface area contributed by atoms with Crippen molar-refractivity contribution in [1.82, 2.24) is 5.32 Å². The van der Waals surface area contributed by atoms with Gasteiger partial charge in [0.2, 0.25) is 5.91 Å². The van der Waals surface area contributed by atoms with Crippen LogP contribution < -0.4 is 10.6 Å². The maximum Gasteiger partial charge on any atom is 0.401 e. The molecule has 0 aliphatic heterocycles. The maximum absolute atomic E-state index is 11.8. The molecule has 0 saturated carbocycles. The molecule has 7 heteroatoms. The molecule has 0 unspecified atom stereocenters. The summed E-state index contributed by atoms with van der Waals surface area (Å²) in [6.45, 7) is -1.54. The van der Waals surface area contributed by atoms with Crippen LogP contribution in [0.3, 0.4) is 0 Å². The van der Waals surface area contributed by atoms with Crippen LogP contribution in [-0.4, -0.2) is 25.2 Å². The number of anilines is 1. The molecule has 0 radical (unpaired) electrons.